The summed E-state index contributed by atoms with van der Waals surface area (Å²) < 4.78 is 1.44. The van der Waals surface area contributed by atoms with Crippen LogP contribution in [0.4, 0.5) is 5.69 Å². The molecule has 2 heterocycles. The third kappa shape index (κ3) is 4.07. The van der Waals surface area contributed by atoms with Crippen LogP contribution in [0.5, 0.6) is 0 Å². The highest BCUT2D eigenvalue weighted by Gasteiger charge is 2.22. The van der Waals surface area contributed by atoms with Crippen molar-refractivity contribution in [3.05, 3.63) is 86.2 Å². The van der Waals surface area contributed by atoms with Gasteiger partial charge in [0.2, 0.25) is 0 Å². The number of hydrogen-bond acceptors (Lipinski definition) is 3. The van der Waals surface area contributed by atoms with Gasteiger partial charge in [-0.05, 0) is 41.8 Å². The first-order chi connectivity index (χ1) is 14.8. The predicted octanol–water partition coefficient (Wildman–Crippen LogP) is 5.99. The second-order valence-electron chi connectivity index (χ2n) is 6.52. The molecule has 4 rings (SSSR count). The lowest BCUT2D eigenvalue weighted by Crippen LogP contribution is -2.21. The standard InChI is InChI=1S/C21H12Cl4N4O2/c22-11-3-4-13-10(6-11)7-14(19(26)30)18(17(13)25)28-21(31)16-8-12(23)9-29(16)20-15(24)2-1-5-27-20/h1-9H,(H2,26,30)(H,28,31). The molecule has 0 saturated heterocycles. The smallest absolute Gasteiger partial charge is 0.272 e. The van der Waals surface area contributed by atoms with Gasteiger partial charge in [-0.15, -0.1) is 0 Å². The third-order valence-corrected chi connectivity index (χ3v) is 5.66. The summed E-state index contributed by atoms with van der Waals surface area (Å²) >= 11 is 24.9. The molecule has 0 aliphatic carbocycles. The van der Waals surface area contributed by atoms with Gasteiger partial charge in [0.15, 0.2) is 5.82 Å². The molecule has 2 amide bonds. The van der Waals surface area contributed by atoms with Crippen LogP contribution >= 0.6 is 46.4 Å². The van der Waals surface area contributed by atoms with Crippen molar-refractivity contribution in [2.45, 2.75) is 0 Å². The number of carbonyl (C=O) groups excluding carboxylic acids is 2. The summed E-state index contributed by atoms with van der Waals surface area (Å²) in [5.74, 6) is -1.04. The number of anilines is 1. The minimum atomic E-state index is -0.764. The van der Waals surface area contributed by atoms with Gasteiger partial charge >= 0.3 is 0 Å². The fourth-order valence-corrected chi connectivity index (χ4v) is 4.08. The number of fused-ring (bicyclic) bond motifs is 1. The zero-order chi connectivity index (χ0) is 22.3. The van der Waals surface area contributed by atoms with E-state index >= 15 is 0 Å². The molecule has 3 N–H and O–H groups in total. The van der Waals surface area contributed by atoms with Crippen LogP contribution < -0.4 is 11.1 Å². The van der Waals surface area contributed by atoms with Crippen LogP contribution in [-0.2, 0) is 0 Å². The first-order valence-electron chi connectivity index (χ1n) is 8.78. The lowest BCUT2D eigenvalue weighted by Gasteiger charge is -2.15. The maximum Gasteiger partial charge on any atom is 0.272 e. The van der Waals surface area contributed by atoms with Crippen molar-refractivity contribution in [3.8, 4) is 5.82 Å². The van der Waals surface area contributed by atoms with Crippen LogP contribution in [0.3, 0.4) is 0 Å². The summed E-state index contributed by atoms with van der Waals surface area (Å²) in [6.07, 6.45) is 3.04. The van der Waals surface area contributed by atoms with Crippen molar-refractivity contribution in [1.29, 1.82) is 0 Å². The first-order valence-corrected chi connectivity index (χ1v) is 10.3. The third-order valence-electron chi connectivity index (χ3n) is 4.53. The molecule has 0 saturated carbocycles. The van der Waals surface area contributed by atoms with Gasteiger partial charge in [0.25, 0.3) is 11.8 Å². The molecule has 4 aromatic rings. The first kappa shape index (κ1) is 21.5. The molecule has 2 aromatic carbocycles. The molecule has 6 nitrogen and oxygen atoms in total. The number of halogens is 4. The van der Waals surface area contributed by atoms with E-state index in [4.69, 9.17) is 52.1 Å². The van der Waals surface area contributed by atoms with Crippen molar-refractivity contribution >= 4 is 74.7 Å². The van der Waals surface area contributed by atoms with Crippen LogP contribution in [0.1, 0.15) is 20.8 Å². The number of nitrogens with two attached hydrogens (primary N) is 1. The van der Waals surface area contributed by atoms with Gasteiger partial charge in [-0.25, -0.2) is 4.98 Å². The largest absolute Gasteiger partial charge is 0.366 e. The molecular weight excluding hydrogens is 482 g/mol. The fourth-order valence-electron chi connectivity index (χ4n) is 3.16. The lowest BCUT2D eigenvalue weighted by molar-refractivity contribution is 0.100. The average Bonchev–Trinajstić information content (AvgIpc) is 3.11. The van der Waals surface area contributed by atoms with Gasteiger partial charge < -0.3 is 11.1 Å². The lowest BCUT2D eigenvalue weighted by atomic mass is 10.0. The predicted molar refractivity (Wildman–Crippen MR) is 124 cm³/mol. The highest BCUT2D eigenvalue weighted by molar-refractivity contribution is 6.40. The summed E-state index contributed by atoms with van der Waals surface area (Å²) in [4.78, 5) is 29.4. The van der Waals surface area contributed by atoms with Crippen molar-refractivity contribution in [2.24, 2.45) is 5.73 Å². The number of primary amides is 1. The summed E-state index contributed by atoms with van der Waals surface area (Å²) in [5, 5.41) is 5.10. The Bertz CT molecular complexity index is 1370. The second kappa shape index (κ2) is 8.40. The Morgan fingerprint density at radius 3 is 2.48 bits per heavy atom. The van der Waals surface area contributed by atoms with E-state index < -0.39 is 11.8 Å². The second-order valence-corrected chi connectivity index (χ2v) is 8.18. The molecule has 0 radical (unpaired) electrons. The quantitative estimate of drug-likeness (QED) is 0.365. The molecule has 0 unspecified atom stereocenters. The molecular formula is C21H12Cl4N4O2. The summed E-state index contributed by atoms with van der Waals surface area (Å²) in [5.41, 5.74) is 5.78. The number of rotatable bonds is 4. The van der Waals surface area contributed by atoms with Crippen molar-refractivity contribution in [3.63, 3.8) is 0 Å². The van der Waals surface area contributed by atoms with E-state index in [2.05, 4.69) is 10.3 Å². The van der Waals surface area contributed by atoms with E-state index in [0.29, 0.717) is 31.7 Å². The highest BCUT2D eigenvalue weighted by atomic mass is 35.5. The number of hydrogen-bond donors (Lipinski definition) is 2. The molecule has 31 heavy (non-hydrogen) atoms. The number of amides is 2. The van der Waals surface area contributed by atoms with Gasteiger partial charge in [0.05, 0.1) is 26.3 Å². The monoisotopic (exact) mass is 492 g/mol. The number of carbonyl (C=O) groups is 2. The summed E-state index contributed by atoms with van der Waals surface area (Å²) in [6.45, 7) is 0. The number of nitrogens with zero attached hydrogens (tertiary/aromatic N) is 2. The zero-order valence-corrected chi connectivity index (χ0v) is 18.5. The van der Waals surface area contributed by atoms with E-state index in [9.17, 15) is 9.59 Å². The molecule has 0 atom stereocenters. The molecule has 0 bridgehead atoms. The van der Waals surface area contributed by atoms with Crippen LogP contribution in [0, 0.1) is 0 Å². The summed E-state index contributed by atoms with van der Waals surface area (Å²) in [7, 11) is 0. The number of nitrogens with one attached hydrogen (secondary N) is 1. The molecule has 2 aromatic heterocycles. The highest BCUT2D eigenvalue weighted by Crippen LogP contribution is 2.36. The van der Waals surface area contributed by atoms with Gasteiger partial charge in [-0.3, -0.25) is 14.2 Å². The number of pyridine rings is 1. The SMILES string of the molecule is NC(=O)c1cc2cc(Cl)ccc2c(Cl)c1NC(=O)c1cc(Cl)cn1-c1ncccc1Cl. The van der Waals surface area contributed by atoms with Crippen LogP contribution in [0.25, 0.3) is 16.6 Å². The van der Waals surface area contributed by atoms with E-state index in [-0.39, 0.29) is 22.0 Å². The van der Waals surface area contributed by atoms with Gasteiger partial charge in [0, 0.05) is 22.8 Å². The van der Waals surface area contributed by atoms with Crippen molar-refractivity contribution in [2.75, 3.05) is 5.32 Å². The Hall–Kier alpha value is -2.77. The van der Waals surface area contributed by atoms with Crippen LogP contribution in [0.15, 0.2) is 54.9 Å². The van der Waals surface area contributed by atoms with Gasteiger partial charge in [0.1, 0.15) is 5.69 Å². The number of aromatic nitrogens is 2. The molecule has 0 fully saturated rings. The van der Waals surface area contributed by atoms with Crippen LogP contribution in [-0.4, -0.2) is 21.4 Å². The molecule has 0 aliphatic heterocycles. The molecule has 156 valence electrons. The molecule has 10 heteroatoms. The fraction of sp³-hybridized carbons (Fsp3) is 0. The Labute approximate surface area is 196 Å². The normalized spacial score (nSPS) is 11.0. The Kier molecular flexibility index (Phi) is 5.81. The molecule has 0 aliphatic rings. The van der Waals surface area contributed by atoms with E-state index in [0.717, 1.165) is 0 Å². The van der Waals surface area contributed by atoms with Crippen molar-refractivity contribution < 1.29 is 9.59 Å². The van der Waals surface area contributed by atoms with E-state index in [1.165, 1.54) is 29.1 Å². The summed E-state index contributed by atoms with van der Waals surface area (Å²) in [6, 6.07) is 11.3. The van der Waals surface area contributed by atoms with E-state index in [1.807, 2.05) is 0 Å². The topological polar surface area (TPSA) is 90.0 Å². The minimum absolute atomic E-state index is 0.0354. The Balaban J connectivity index is 1.82. The minimum Gasteiger partial charge on any atom is -0.366 e. The number of benzene rings is 2. The van der Waals surface area contributed by atoms with Gasteiger partial charge in [-0.2, -0.15) is 0 Å². The maximum absolute atomic E-state index is 13.2. The van der Waals surface area contributed by atoms with E-state index in [1.54, 1.807) is 30.3 Å². The van der Waals surface area contributed by atoms with Crippen molar-refractivity contribution in [1.82, 2.24) is 9.55 Å². The Morgan fingerprint density at radius 2 is 1.77 bits per heavy atom. The molecule has 0 spiro atoms. The van der Waals surface area contributed by atoms with Crippen LogP contribution in [0.2, 0.25) is 20.1 Å². The zero-order valence-electron chi connectivity index (χ0n) is 15.5. The maximum atomic E-state index is 13.2. The average molecular weight is 494 g/mol. The Morgan fingerprint density at radius 1 is 1.00 bits per heavy atom. The van der Waals surface area contributed by atoms with Gasteiger partial charge in [-0.1, -0.05) is 52.5 Å².